The zero-order valence-corrected chi connectivity index (χ0v) is 55.3. The topological polar surface area (TPSA) is 559 Å². The van der Waals surface area contributed by atoms with Crippen LogP contribution in [0.2, 0.25) is 0 Å². The van der Waals surface area contributed by atoms with Crippen molar-refractivity contribution in [3.05, 3.63) is 0 Å². The third-order valence-corrected chi connectivity index (χ3v) is 9.18. The molecule has 0 unspecified atom stereocenters. The first kappa shape index (κ1) is 83.8. The van der Waals surface area contributed by atoms with E-state index in [1.165, 1.54) is 0 Å². The van der Waals surface area contributed by atoms with Crippen molar-refractivity contribution in [1.82, 2.24) is 0 Å². The van der Waals surface area contributed by atoms with Crippen molar-refractivity contribution in [3.8, 4) is 0 Å². The molecule has 35 nitrogen and oxygen atoms in total. The second kappa shape index (κ2) is 32.4. The Morgan fingerprint density at radius 3 is 1.05 bits per heavy atom. The summed E-state index contributed by atoms with van der Waals surface area (Å²) in [5, 5.41) is 0. The van der Waals surface area contributed by atoms with Gasteiger partial charge >= 0.3 is 236 Å². The molecule has 63 heavy (non-hydrogen) atoms. The molecule has 51 heteroatoms. The van der Waals surface area contributed by atoms with Gasteiger partial charge in [0.25, 0.3) is 0 Å². The molecule has 2 aliphatic heterocycles. The normalized spacial score (nSPS) is 26.8. The van der Waals surface area contributed by atoms with Crippen LogP contribution in [-0.4, -0.2) is 178 Å². The summed E-state index contributed by atoms with van der Waals surface area (Å²) in [4.78, 5) is 0. The van der Waals surface area contributed by atoms with Crippen LogP contribution in [0, 0.1) is 0 Å². The fourth-order valence-corrected chi connectivity index (χ4v) is 7.60. The maximum absolute atomic E-state index is 11.7. The van der Waals surface area contributed by atoms with E-state index < -0.39 is 158 Å². The molecule has 9 atom stereocenters. The van der Waals surface area contributed by atoms with E-state index in [4.69, 9.17) is 14.2 Å². The van der Waals surface area contributed by atoms with E-state index in [1.54, 1.807) is 0 Å². The van der Waals surface area contributed by atoms with Crippen LogP contribution in [0.15, 0.2) is 0 Å². The van der Waals surface area contributed by atoms with Crippen molar-refractivity contribution in [2.45, 2.75) is 54.8 Å². The van der Waals surface area contributed by atoms with E-state index in [0.717, 1.165) is 0 Å². The first-order valence-corrected chi connectivity index (χ1v) is 22.9. The van der Waals surface area contributed by atoms with E-state index in [2.05, 4.69) is 33.5 Å². The van der Waals surface area contributed by atoms with E-state index in [1.807, 2.05) is 0 Å². The molecular weight excluding hydrogens is 1140 g/mol. The summed E-state index contributed by atoms with van der Waals surface area (Å²) in [7, 11) is -50.8. The van der Waals surface area contributed by atoms with Gasteiger partial charge in [0.1, 0.15) is 37.1 Å². The maximum Gasteiger partial charge on any atom is 1.00 e. The Morgan fingerprint density at radius 2 is 0.698 bits per heavy atom. The molecule has 2 saturated heterocycles. The Balaban J connectivity index is -0.000000784. The molecule has 0 bridgehead atoms. The third-order valence-electron chi connectivity index (χ3n) is 5.65. The molecule has 0 amide bonds. The van der Waals surface area contributed by atoms with Crippen LogP contribution in [-0.2, 0) is 131 Å². The number of ether oxygens (including phenoxy) is 3. The molecule has 2 heterocycles. The number of rotatable bonds is 21. The average molecular weight is 1160 g/mol. The standard InChI is InChI=1S/C12H22O35S8.8Na/c13-48(14,15)37-1-4-6(43-51(22,23)24)8(45-53(28,29)30)9(46-54(31,32)33)11(40-4)42-12(3-39-50(19,20)21)10(47-55(34,35)36)7(44-52(25,26)27)5(41-12)2-38-49(16,17)18;;;;;;;;/h4-11H,1-3H2,(H,13,14,15)(H,16,17,18)(H,19,20,21)(H,22,23,24)(H,25,26,27)(H,28,29,30)(H,31,32,33)(H,34,35,36);;;;;;;;/q;8*+1/p-8/t4-,5-,6+,7+,8+,9-,10-,11+,12-;;;;;;;;/m0......../s1. The van der Waals surface area contributed by atoms with E-state index in [-0.39, 0.29) is 236 Å². The second-order valence-electron chi connectivity index (χ2n) is 9.49. The monoisotopic (exact) mass is 1160 g/mol. The molecule has 0 aromatic rings. The average Bonchev–Trinajstić information content (AvgIpc) is 3.15. The van der Waals surface area contributed by atoms with Crippen molar-refractivity contribution in [3.63, 3.8) is 0 Å². The van der Waals surface area contributed by atoms with Gasteiger partial charge in [-0.1, -0.05) is 0 Å². The van der Waals surface area contributed by atoms with Crippen LogP contribution >= 0.6 is 0 Å². The number of hydrogen-bond acceptors (Lipinski definition) is 35. The van der Waals surface area contributed by atoms with E-state index in [0.29, 0.717) is 0 Å². The second-order valence-corrected chi connectivity index (χ2v) is 17.7. The molecule has 0 spiro atoms. The molecule has 0 N–H and O–H groups in total. The van der Waals surface area contributed by atoms with Gasteiger partial charge in [-0.15, -0.1) is 0 Å². The Hall–Kier alpha value is 6.84. The summed E-state index contributed by atoms with van der Waals surface area (Å²) in [6.45, 7) is -6.74. The number of hydrogen-bond donors (Lipinski definition) is 0. The van der Waals surface area contributed by atoms with Gasteiger partial charge in [0.15, 0.2) is 18.5 Å². The molecular formula is C12H14Na8O35S8. The van der Waals surface area contributed by atoms with Gasteiger partial charge in [-0.3, -0.25) is 33.5 Å². The third kappa shape index (κ3) is 34.2. The molecule has 0 radical (unpaired) electrons. The smallest absolute Gasteiger partial charge is 0.726 e. The first-order chi connectivity index (χ1) is 24.2. The minimum atomic E-state index is -6.58. The fourth-order valence-electron chi connectivity index (χ4n) is 4.21. The molecule has 2 fully saturated rings. The zero-order valence-electron chi connectivity index (χ0n) is 32.8. The fraction of sp³-hybridized carbons (Fsp3) is 1.00. The molecule has 0 aliphatic carbocycles. The summed E-state index contributed by atoms with van der Waals surface area (Å²) in [5.74, 6) is -4.31. The molecule has 2 aliphatic rings. The Kier molecular flexibility index (Phi) is 43.1. The van der Waals surface area contributed by atoms with Crippen molar-refractivity contribution in [2.75, 3.05) is 19.8 Å². The predicted octanol–water partition coefficient (Wildman–Crippen LogP) is -33.5. The summed E-state index contributed by atoms with van der Waals surface area (Å²) in [5.41, 5.74) is 0. The van der Waals surface area contributed by atoms with Crippen LogP contribution in [0.25, 0.3) is 0 Å². The zero-order chi connectivity index (χ0) is 43.0. The van der Waals surface area contributed by atoms with Gasteiger partial charge < -0.3 is 50.6 Å². The van der Waals surface area contributed by atoms with Crippen molar-refractivity contribution < 1.29 is 388 Å². The van der Waals surface area contributed by atoms with Crippen LogP contribution in [0.1, 0.15) is 0 Å². The molecule has 0 aromatic carbocycles. The molecule has 0 saturated carbocycles. The first-order valence-electron chi connectivity index (χ1n) is 12.2. The summed E-state index contributed by atoms with van der Waals surface area (Å²) >= 11 is 0. The van der Waals surface area contributed by atoms with Gasteiger partial charge in [0.05, 0.1) is 13.2 Å². The van der Waals surface area contributed by atoms with Gasteiger partial charge in [-0.25, -0.2) is 67.3 Å². The van der Waals surface area contributed by atoms with Crippen LogP contribution in [0.4, 0.5) is 0 Å². The van der Waals surface area contributed by atoms with Crippen LogP contribution in [0.5, 0.6) is 0 Å². The quantitative estimate of drug-likeness (QED) is 0.0585. The van der Waals surface area contributed by atoms with Crippen molar-refractivity contribution in [1.29, 1.82) is 0 Å². The maximum atomic E-state index is 11.7. The Morgan fingerprint density at radius 1 is 0.381 bits per heavy atom. The van der Waals surface area contributed by atoms with Crippen molar-refractivity contribution >= 4 is 83.2 Å². The van der Waals surface area contributed by atoms with Crippen molar-refractivity contribution in [2.24, 2.45) is 0 Å². The summed E-state index contributed by atoms with van der Waals surface area (Å²) < 4.78 is 320. The van der Waals surface area contributed by atoms with Crippen LogP contribution in [0.3, 0.4) is 0 Å². The van der Waals surface area contributed by atoms with E-state index >= 15 is 0 Å². The molecule has 0 aromatic heterocycles. The van der Waals surface area contributed by atoms with Gasteiger partial charge in [0.2, 0.25) is 89.0 Å². The minimum absolute atomic E-state index is 0. The Bertz CT molecular complexity index is 2310. The largest absolute Gasteiger partial charge is 1.00 e. The summed E-state index contributed by atoms with van der Waals surface area (Å²) in [6, 6.07) is 0. The Labute approximate surface area is 535 Å². The van der Waals surface area contributed by atoms with Gasteiger partial charge in [-0.2, -0.15) is 0 Å². The van der Waals surface area contributed by atoms with Crippen LogP contribution < -0.4 is 236 Å². The summed E-state index contributed by atoms with van der Waals surface area (Å²) in [6.07, 6.45) is -27.5. The minimum Gasteiger partial charge on any atom is -0.726 e. The molecule has 2 rings (SSSR count). The van der Waals surface area contributed by atoms with Gasteiger partial charge in [0, 0.05) is 0 Å². The molecule has 328 valence electrons. The van der Waals surface area contributed by atoms with E-state index in [9.17, 15) is 104 Å². The SMILES string of the molecule is O=S(=O)([O-])OC[C@@H]1O[C@@](COS(=O)(=O)[O-])(O[C@H]2O[C@@H](COS(=O)(=O)[O-])[C@@H](OS(=O)(=O)[O-])[C@@H](OS(=O)(=O)[O-])[C@@H]2OS(=O)(=O)[O-])[C@@H](OS(=O)(=O)[O-])[C@@H]1OS(=O)(=O)[O-].[Na+].[Na+].[Na+].[Na+].[Na+].[Na+].[Na+].[Na+]. The predicted molar refractivity (Wildman–Crippen MR) is 137 cm³/mol. The van der Waals surface area contributed by atoms with Gasteiger partial charge in [-0.05, 0) is 0 Å².